The zero-order chi connectivity index (χ0) is 19.5. The summed E-state index contributed by atoms with van der Waals surface area (Å²) in [5, 5.41) is 6.94. The van der Waals surface area contributed by atoms with Crippen LogP contribution in [0.25, 0.3) is 0 Å². The first kappa shape index (κ1) is 18.0. The summed E-state index contributed by atoms with van der Waals surface area (Å²) in [6.45, 7) is 4.00. The number of anilines is 3. The molecule has 2 aromatic heterocycles. The van der Waals surface area contributed by atoms with Gasteiger partial charge in [0.1, 0.15) is 11.6 Å². The number of piperazine rings is 1. The molecular weight excluding hydrogens is 361 g/mol. The third-order valence-corrected chi connectivity index (χ3v) is 4.65. The van der Waals surface area contributed by atoms with Crippen LogP contribution in [0.5, 0.6) is 0 Å². The van der Waals surface area contributed by atoms with E-state index in [0.29, 0.717) is 54.7 Å². The Balaban J connectivity index is 1.41. The Kier molecular flexibility index (Phi) is 4.92. The number of hydrogen-bond acceptors (Lipinski definition) is 6. The van der Waals surface area contributed by atoms with Crippen LogP contribution in [0.2, 0.25) is 0 Å². The Labute approximate surface area is 161 Å². The van der Waals surface area contributed by atoms with E-state index in [0.717, 1.165) is 0 Å². The summed E-state index contributed by atoms with van der Waals surface area (Å²) in [6.07, 6.45) is 3.17. The maximum absolute atomic E-state index is 14.0. The molecule has 3 heterocycles. The summed E-state index contributed by atoms with van der Waals surface area (Å²) >= 11 is 0. The predicted molar refractivity (Wildman–Crippen MR) is 103 cm³/mol. The summed E-state index contributed by atoms with van der Waals surface area (Å²) in [5.41, 5.74) is 1.72. The van der Waals surface area contributed by atoms with Gasteiger partial charge in [-0.1, -0.05) is 17.3 Å². The van der Waals surface area contributed by atoms with Gasteiger partial charge in [-0.2, -0.15) is 0 Å². The van der Waals surface area contributed by atoms with E-state index in [2.05, 4.69) is 15.5 Å². The molecule has 0 aliphatic carbocycles. The van der Waals surface area contributed by atoms with Crippen molar-refractivity contribution in [1.29, 1.82) is 0 Å². The standard InChI is InChI=1S/C20H20FN5O2/c1-14-10-19(24-28-14)23-16-11-15(12-22-13-16)20(27)26-8-6-25(7-9-26)18-5-3-2-4-17(18)21/h2-5,10-13H,6-9H2,1H3,(H,23,24). The second kappa shape index (κ2) is 7.67. The SMILES string of the molecule is Cc1cc(Nc2cncc(C(=O)N3CCN(c4ccccc4F)CC3)c2)no1. The summed E-state index contributed by atoms with van der Waals surface area (Å²) in [5.74, 6) is 0.909. The largest absolute Gasteiger partial charge is 0.366 e. The molecule has 0 bridgehead atoms. The lowest BCUT2D eigenvalue weighted by Crippen LogP contribution is -2.49. The lowest BCUT2D eigenvalue weighted by atomic mass is 10.2. The minimum atomic E-state index is -0.242. The van der Waals surface area contributed by atoms with Crippen LogP contribution in [-0.2, 0) is 0 Å². The molecule has 1 saturated heterocycles. The molecule has 0 atom stereocenters. The second-order valence-corrected chi connectivity index (χ2v) is 6.64. The van der Waals surface area contributed by atoms with Crippen molar-refractivity contribution in [2.75, 3.05) is 36.4 Å². The molecule has 0 spiro atoms. The van der Waals surface area contributed by atoms with Crippen LogP contribution in [0.4, 0.5) is 21.6 Å². The van der Waals surface area contributed by atoms with Crippen LogP contribution in [0, 0.1) is 12.7 Å². The number of aromatic nitrogens is 2. The topological polar surface area (TPSA) is 74.5 Å². The highest BCUT2D eigenvalue weighted by molar-refractivity contribution is 5.95. The van der Waals surface area contributed by atoms with Crippen LogP contribution < -0.4 is 10.2 Å². The van der Waals surface area contributed by atoms with Crippen molar-refractivity contribution in [1.82, 2.24) is 15.0 Å². The first-order chi connectivity index (χ1) is 13.6. The zero-order valence-corrected chi connectivity index (χ0v) is 15.4. The third kappa shape index (κ3) is 3.80. The summed E-state index contributed by atoms with van der Waals surface area (Å²) in [4.78, 5) is 20.7. The van der Waals surface area contributed by atoms with Crippen molar-refractivity contribution in [3.8, 4) is 0 Å². The molecule has 8 heteroatoms. The fourth-order valence-electron chi connectivity index (χ4n) is 3.24. The number of aryl methyl sites for hydroxylation is 1. The van der Waals surface area contributed by atoms with Gasteiger partial charge in [0.05, 0.1) is 23.1 Å². The van der Waals surface area contributed by atoms with Crippen molar-refractivity contribution in [2.24, 2.45) is 0 Å². The molecular formula is C20H20FN5O2. The maximum Gasteiger partial charge on any atom is 0.255 e. The van der Waals surface area contributed by atoms with E-state index < -0.39 is 0 Å². The number of pyridine rings is 1. The number of nitrogens with zero attached hydrogens (tertiary/aromatic N) is 4. The van der Waals surface area contributed by atoms with Gasteiger partial charge < -0.3 is 19.6 Å². The zero-order valence-electron chi connectivity index (χ0n) is 15.4. The Hall–Kier alpha value is -3.42. The fourth-order valence-corrected chi connectivity index (χ4v) is 3.24. The number of benzene rings is 1. The minimum Gasteiger partial charge on any atom is -0.366 e. The first-order valence-electron chi connectivity index (χ1n) is 9.04. The van der Waals surface area contributed by atoms with E-state index in [-0.39, 0.29) is 11.7 Å². The van der Waals surface area contributed by atoms with Gasteiger partial charge in [-0.3, -0.25) is 9.78 Å². The van der Waals surface area contributed by atoms with Crippen LogP contribution in [0.1, 0.15) is 16.1 Å². The van der Waals surface area contributed by atoms with Gasteiger partial charge in [0, 0.05) is 38.4 Å². The normalized spacial score (nSPS) is 14.2. The van der Waals surface area contributed by atoms with Crippen LogP contribution >= 0.6 is 0 Å². The molecule has 4 rings (SSSR count). The van der Waals surface area contributed by atoms with Crippen molar-refractivity contribution >= 4 is 23.1 Å². The van der Waals surface area contributed by atoms with E-state index in [9.17, 15) is 9.18 Å². The smallest absolute Gasteiger partial charge is 0.255 e. The number of nitrogens with one attached hydrogen (secondary N) is 1. The number of hydrogen-bond donors (Lipinski definition) is 1. The number of carbonyl (C=O) groups excluding carboxylic acids is 1. The third-order valence-electron chi connectivity index (χ3n) is 4.65. The van der Waals surface area contributed by atoms with Gasteiger partial charge >= 0.3 is 0 Å². The molecule has 1 fully saturated rings. The minimum absolute atomic E-state index is 0.0966. The Morgan fingerprint density at radius 1 is 1.14 bits per heavy atom. The molecule has 0 saturated carbocycles. The van der Waals surface area contributed by atoms with Gasteiger partial charge in [-0.15, -0.1) is 0 Å². The monoisotopic (exact) mass is 381 g/mol. The molecule has 1 aliphatic rings. The number of halogens is 1. The van der Waals surface area contributed by atoms with E-state index in [1.807, 2.05) is 11.0 Å². The lowest BCUT2D eigenvalue weighted by molar-refractivity contribution is 0.0746. The van der Waals surface area contributed by atoms with Crippen molar-refractivity contribution in [2.45, 2.75) is 6.92 Å². The molecule has 7 nitrogen and oxygen atoms in total. The van der Waals surface area contributed by atoms with Crippen molar-refractivity contribution in [3.05, 3.63) is 65.9 Å². The number of para-hydroxylation sites is 1. The summed E-state index contributed by atoms with van der Waals surface area (Å²) < 4.78 is 19.0. The summed E-state index contributed by atoms with van der Waals surface area (Å²) in [7, 11) is 0. The van der Waals surface area contributed by atoms with Crippen LogP contribution in [0.15, 0.2) is 53.3 Å². The van der Waals surface area contributed by atoms with Crippen LogP contribution in [-0.4, -0.2) is 47.1 Å². The molecule has 0 radical (unpaired) electrons. The molecule has 1 aromatic carbocycles. The molecule has 144 valence electrons. The molecule has 1 aliphatic heterocycles. The average Bonchev–Trinajstić information content (AvgIpc) is 3.13. The fraction of sp³-hybridized carbons (Fsp3) is 0.250. The Bertz CT molecular complexity index is 982. The molecule has 3 aromatic rings. The van der Waals surface area contributed by atoms with Crippen molar-refractivity contribution in [3.63, 3.8) is 0 Å². The average molecular weight is 381 g/mol. The number of amides is 1. The van der Waals surface area contributed by atoms with Gasteiger partial charge in [-0.05, 0) is 25.1 Å². The highest BCUT2D eigenvalue weighted by Gasteiger charge is 2.24. The Morgan fingerprint density at radius 2 is 1.93 bits per heavy atom. The van der Waals surface area contributed by atoms with Gasteiger partial charge in [0.15, 0.2) is 5.82 Å². The van der Waals surface area contributed by atoms with Gasteiger partial charge in [-0.25, -0.2) is 4.39 Å². The highest BCUT2D eigenvalue weighted by Crippen LogP contribution is 2.21. The first-order valence-corrected chi connectivity index (χ1v) is 9.04. The molecule has 0 unspecified atom stereocenters. The van der Waals surface area contributed by atoms with E-state index in [1.54, 1.807) is 48.5 Å². The molecule has 28 heavy (non-hydrogen) atoms. The van der Waals surface area contributed by atoms with E-state index in [4.69, 9.17) is 4.52 Å². The van der Waals surface area contributed by atoms with Gasteiger partial charge in [0.2, 0.25) is 0 Å². The van der Waals surface area contributed by atoms with Gasteiger partial charge in [0.25, 0.3) is 5.91 Å². The highest BCUT2D eigenvalue weighted by atomic mass is 19.1. The van der Waals surface area contributed by atoms with E-state index >= 15 is 0 Å². The number of carbonyl (C=O) groups is 1. The van der Waals surface area contributed by atoms with E-state index in [1.165, 1.54) is 6.07 Å². The predicted octanol–water partition coefficient (Wildman–Crippen LogP) is 3.22. The Morgan fingerprint density at radius 3 is 2.64 bits per heavy atom. The number of rotatable bonds is 4. The second-order valence-electron chi connectivity index (χ2n) is 6.64. The molecule has 1 N–H and O–H groups in total. The molecule has 1 amide bonds. The van der Waals surface area contributed by atoms with Crippen LogP contribution in [0.3, 0.4) is 0 Å². The van der Waals surface area contributed by atoms with Crippen molar-refractivity contribution < 1.29 is 13.7 Å². The quantitative estimate of drug-likeness (QED) is 0.748. The summed E-state index contributed by atoms with van der Waals surface area (Å²) in [6, 6.07) is 10.2. The lowest BCUT2D eigenvalue weighted by Gasteiger charge is -2.36. The maximum atomic E-state index is 14.0.